The number of anilines is 1. The summed E-state index contributed by atoms with van der Waals surface area (Å²) in [6.07, 6.45) is 3.14. The number of piperazine rings is 1. The number of carbonyl (C=O) groups excluding carboxylic acids is 1. The minimum Gasteiger partial charge on any atom is -0.345 e. The SMILES string of the molecule is CCC(N)CC(=O)N1CCN(c2nccs2)CC1. The van der Waals surface area contributed by atoms with Crippen LogP contribution in [0.15, 0.2) is 11.6 Å². The average molecular weight is 268 g/mol. The molecule has 5 nitrogen and oxygen atoms in total. The lowest BCUT2D eigenvalue weighted by Crippen LogP contribution is -2.49. The molecular formula is C12H20N4OS. The molecule has 2 N–H and O–H groups in total. The third-order valence-corrected chi connectivity index (χ3v) is 4.12. The van der Waals surface area contributed by atoms with Gasteiger partial charge in [0.1, 0.15) is 0 Å². The molecule has 1 aliphatic heterocycles. The Hall–Kier alpha value is -1.14. The highest BCUT2D eigenvalue weighted by molar-refractivity contribution is 7.13. The number of hydrogen-bond acceptors (Lipinski definition) is 5. The predicted octanol–water partition coefficient (Wildman–Crippen LogP) is 0.919. The van der Waals surface area contributed by atoms with Crippen molar-refractivity contribution in [1.29, 1.82) is 0 Å². The Kier molecular flexibility index (Phi) is 4.54. The zero-order valence-corrected chi connectivity index (χ0v) is 11.5. The molecule has 1 aromatic heterocycles. The molecule has 0 aromatic carbocycles. The van der Waals surface area contributed by atoms with E-state index in [0.717, 1.165) is 37.7 Å². The molecule has 6 heteroatoms. The first kappa shape index (κ1) is 13.3. The molecule has 100 valence electrons. The van der Waals surface area contributed by atoms with Crippen molar-refractivity contribution in [3.63, 3.8) is 0 Å². The van der Waals surface area contributed by atoms with Gasteiger partial charge < -0.3 is 15.5 Å². The van der Waals surface area contributed by atoms with Crippen molar-refractivity contribution in [2.24, 2.45) is 5.73 Å². The molecule has 0 saturated carbocycles. The molecule has 0 radical (unpaired) electrons. The first-order chi connectivity index (χ1) is 8.70. The van der Waals surface area contributed by atoms with Crippen LogP contribution >= 0.6 is 11.3 Å². The normalized spacial score (nSPS) is 17.9. The summed E-state index contributed by atoms with van der Waals surface area (Å²) in [7, 11) is 0. The molecule has 0 bridgehead atoms. The summed E-state index contributed by atoms with van der Waals surface area (Å²) in [5.41, 5.74) is 5.82. The molecule has 1 amide bonds. The van der Waals surface area contributed by atoms with Crippen molar-refractivity contribution in [2.45, 2.75) is 25.8 Å². The van der Waals surface area contributed by atoms with E-state index >= 15 is 0 Å². The Morgan fingerprint density at radius 3 is 2.78 bits per heavy atom. The molecular weight excluding hydrogens is 248 g/mol. The zero-order valence-electron chi connectivity index (χ0n) is 10.7. The first-order valence-corrected chi connectivity index (χ1v) is 7.26. The number of rotatable bonds is 4. The highest BCUT2D eigenvalue weighted by Gasteiger charge is 2.22. The van der Waals surface area contributed by atoms with E-state index in [-0.39, 0.29) is 11.9 Å². The summed E-state index contributed by atoms with van der Waals surface area (Å²) in [6.45, 7) is 5.28. The second kappa shape index (κ2) is 6.15. The number of nitrogens with zero attached hydrogens (tertiary/aromatic N) is 3. The predicted molar refractivity (Wildman–Crippen MR) is 73.8 cm³/mol. The minimum atomic E-state index is -0.00510. The van der Waals surface area contributed by atoms with Crippen molar-refractivity contribution in [2.75, 3.05) is 31.1 Å². The largest absolute Gasteiger partial charge is 0.345 e. The number of amides is 1. The van der Waals surface area contributed by atoms with Crippen molar-refractivity contribution in [3.8, 4) is 0 Å². The van der Waals surface area contributed by atoms with Crippen molar-refractivity contribution >= 4 is 22.4 Å². The summed E-state index contributed by atoms with van der Waals surface area (Å²) in [6, 6.07) is -0.00510. The fraction of sp³-hybridized carbons (Fsp3) is 0.667. The van der Waals surface area contributed by atoms with Crippen LogP contribution in [0.25, 0.3) is 0 Å². The van der Waals surface area contributed by atoms with E-state index in [1.165, 1.54) is 0 Å². The Balaban J connectivity index is 1.81. The van der Waals surface area contributed by atoms with E-state index in [0.29, 0.717) is 6.42 Å². The first-order valence-electron chi connectivity index (χ1n) is 6.38. The Morgan fingerprint density at radius 1 is 1.50 bits per heavy atom. The topological polar surface area (TPSA) is 62.5 Å². The standard InChI is InChI=1S/C12H20N4OS/c1-2-10(13)9-11(17)15-4-6-16(7-5-15)12-14-3-8-18-12/h3,8,10H,2,4-7,9,13H2,1H3. The fourth-order valence-corrected chi connectivity index (χ4v) is 2.71. The van der Waals surface area contributed by atoms with Gasteiger partial charge in [-0.1, -0.05) is 6.92 Å². The van der Waals surface area contributed by atoms with Crippen molar-refractivity contribution < 1.29 is 4.79 Å². The lowest BCUT2D eigenvalue weighted by Gasteiger charge is -2.35. The second-order valence-electron chi connectivity index (χ2n) is 4.55. The zero-order chi connectivity index (χ0) is 13.0. The van der Waals surface area contributed by atoms with Gasteiger partial charge in [-0.25, -0.2) is 4.98 Å². The molecule has 2 rings (SSSR count). The van der Waals surface area contributed by atoms with Crippen LogP contribution in [0.4, 0.5) is 5.13 Å². The third-order valence-electron chi connectivity index (χ3n) is 3.28. The quantitative estimate of drug-likeness (QED) is 0.882. The number of hydrogen-bond donors (Lipinski definition) is 1. The number of thiazole rings is 1. The van der Waals surface area contributed by atoms with Crippen LogP contribution in [0, 0.1) is 0 Å². The smallest absolute Gasteiger partial charge is 0.224 e. The fourth-order valence-electron chi connectivity index (χ4n) is 2.02. The van der Waals surface area contributed by atoms with E-state index in [2.05, 4.69) is 9.88 Å². The van der Waals surface area contributed by atoms with Crippen LogP contribution in [0.1, 0.15) is 19.8 Å². The van der Waals surface area contributed by atoms with Gasteiger partial charge in [-0.2, -0.15) is 0 Å². The Bertz CT molecular complexity index is 373. The molecule has 1 fully saturated rings. The molecule has 18 heavy (non-hydrogen) atoms. The third kappa shape index (κ3) is 3.20. The molecule has 1 atom stereocenters. The summed E-state index contributed by atoms with van der Waals surface area (Å²) in [4.78, 5) is 20.4. The van der Waals surface area contributed by atoms with Gasteiger partial charge in [0, 0.05) is 50.2 Å². The maximum Gasteiger partial charge on any atom is 0.224 e. The summed E-state index contributed by atoms with van der Waals surface area (Å²) in [5, 5.41) is 3.03. The lowest BCUT2D eigenvalue weighted by molar-refractivity contribution is -0.131. The number of nitrogens with two attached hydrogens (primary N) is 1. The van der Waals surface area contributed by atoms with Crippen LogP contribution in [0.3, 0.4) is 0 Å². The van der Waals surface area contributed by atoms with Gasteiger partial charge in [0.2, 0.25) is 5.91 Å². The Morgan fingerprint density at radius 2 is 2.22 bits per heavy atom. The number of aromatic nitrogens is 1. The maximum absolute atomic E-state index is 12.0. The molecule has 2 heterocycles. The van der Waals surface area contributed by atoms with Gasteiger partial charge >= 0.3 is 0 Å². The monoisotopic (exact) mass is 268 g/mol. The van der Waals surface area contributed by atoms with E-state index < -0.39 is 0 Å². The highest BCUT2D eigenvalue weighted by atomic mass is 32.1. The van der Waals surface area contributed by atoms with Gasteiger partial charge in [0.05, 0.1) is 0 Å². The average Bonchev–Trinajstić information content (AvgIpc) is 2.92. The number of carbonyl (C=O) groups is 1. The molecule has 1 unspecified atom stereocenters. The van der Waals surface area contributed by atoms with Crippen molar-refractivity contribution in [1.82, 2.24) is 9.88 Å². The maximum atomic E-state index is 12.0. The van der Waals surface area contributed by atoms with E-state index in [4.69, 9.17) is 5.73 Å². The van der Waals surface area contributed by atoms with E-state index in [9.17, 15) is 4.79 Å². The van der Waals surface area contributed by atoms with E-state index in [1.807, 2.05) is 23.4 Å². The van der Waals surface area contributed by atoms with Gasteiger partial charge in [0.25, 0.3) is 0 Å². The summed E-state index contributed by atoms with van der Waals surface area (Å²) in [5.74, 6) is 0.183. The molecule has 1 aliphatic rings. The second-order valence-corrected chi connectivity index (χ2v) is 5.43. The van der Waals surface area contributed by atoms with E-state index in [1.54, 1.807) is 11.3 Å². The molecule has 0 aliphatic carbocycles. The molecule has 1 saturated heterocycles. The summed E-state index contributed by atoms with van der Waals surface area (Å²) >= 11 is 1.64. The lowest BCUT2D eigenvalue weighted by atomic mass is 10.1. The summed E-state index contributed by atoms with van der Waals surface area (Å²) < 4.78 is 0. The van der Waals surface area contributed by atoms with Crippen LogP contribution in [0.2, 0.25) is 0 Å². The van der Waals surface area contributed by atoms with Crippen molar-refractivity contribution in [3.05, 3.63) is 11.6 Å². The van der Waals surface area contributed by atoms with Crippen LogP contribution in [0.5, 0.6) is 0 Å². The van der Waals surface area contributed by atoms with Gasteiger partial charge in [-0.15, -0.1) is 11.3 Å². The molecule has 0 spiro atoms. The van der Waals surface area contributed by atoms with Gasteiger partial charge in [0.15, 0.2) is 5.13 Å². The van der Waals surface area contributed by atoms with Gasteiger partial charge in [-0.05, 0) is 6.42 Å². The Labute approximate surface area is 112 Å². The molecule has 1 aromatic rings. The van der Waals surface area contributed by atoms with Gasteiger partial charge in [-0.3, -0.25) is 4.79 Å². The van der Waals surface area contributed by atoms with Crippen LogP contribution < -0.4 is 10.6 Å². The highest BCUT2D eigenvalue weighted by Crippen LogP contribution is 2.19. The van der Waals surface area contributed by atoms with Crippen LogP contribution in [-0.2, 0) is 4.79 Å². The minimum absolute atomic E-state index is 0.00510. The van der Waals surface area contributed by atoms with Crippen LogP contribution in [-0.4, -0.2) is 48.0 Å².